The van der Waals surface area contributed by atoms with Crippen molar-refractivity contribution in [3.63, 3.8) is 0 Å². The molecule has 1 N–H and O–H groups in total. The number of hydrogen-bond acceptors (Lipinski definition) is 1. The van der Waals surface area contributed by atoms with Gasteiger partial charge in [-0.3, -0.25) is 0 Å². The zero-order valence-electron chi connectivity index (χ0n) is 12.2. The fraction of sp³-hybridized carbons (Fsp3) is 0.625. The van der Waals surface area contributed by atoms with Crippen LogP contribution in [0.4, 0.5) is 8.78 Å². The molecule has 0 radical (unpaired) electrons. The van der Waals surface area contributed by atoms with Crippen molar-refractivity contribution in [2.75, 3.05) is 7.05 Å². The van der Waals surface area contributed by atoms with Gasteiger partial charge in [0.2, 0.25) is 0 Å². The predicted molar refractivity (Wildman–Crippen MR) is 76.2 cm³/mol. The molecule has 2 unspecified atom stereocenters. The zero-order chi connectivity index (χ0) is 14.3. The monoisotopic (exact) mass is 269 g/mol. The third kappa shape index (κ3) is 4.90. The highest BCUT2D eigenvalue weighted by Gasteiger charge is 2.19. The third-order valence-corrected chi connectivity index (χ3v) is 3.85. The Kier molecular flexibility index (Phi) is 7.00. The number of likely N-dealkylation sites (N-methyl/N-ethyl adjacent to an activating group) is 1. The van der Waals surface area contributed by atoms with Gasteiger partial charge in [-0.1, -0.05) is 39.2 Å². The number of benzene rings is 1. The summed E-state index contributed by atoms with van der Waals surface area (Å²) in [6.07, 6.45) is 5.22. The van der Waals surface area contributed by atoms with Crippen LogP contribution in [0.3, 0.4) is 0 Å². The van der Waals surface area contributed by atoms with Gasteiger partial charge in [0.05, 0.1) is 0 Å². The lowest BCUT2D eigenvalue weighted by molar-refractivity contribution is 0.327. The van der Waals surface area contributed by atoms with Crippen molar-refractivity contribution in [2.45, 2.75) is 52.0 Å². The Hall–Kier alpha value is -0.960. The van der Waals surface area contributed by atoms with E-state index in [1.807, 2.05) is 7.05 Å². The standard InChI is InChI=1S/C16H25F2N/c1-4-6-7-12(5-2)16(19-3)10-13-8-9-14(17)11-15(13)18/h8-9,11-12,16,19H,4-7,10H2,1-3H3. The van der Waals surface area contributed by atoms with E-state index in [4.69, 9.17) is 0 Å². The first kappa shape index (κ1) is 16.1. The minimum atomic E-state index is -0.514. The molecule has 0 saturated carbocycles. The summed E-state index contributed by atoms with van der Waals surface area (Å²) in [6.45, 7) is 4.35. The lowest BCUT2D eigenvalue weighted by Crippen LogP contribution is -2.35. The maximum atomic E-state index is 13.7. The molecule has 0 bridgehead atoms. The van der Waals surface area contributed by atoms with Crippen LogP contribution >= 0.6 is 0 Å². The number of nitrogens with one attached hydrogen (secondary N) is 1. The number of hydrogen-bond donors (Lipinski definition) is 1. The lowest BCUT2D eigenvalue weighted by Gasteiger charge is -2.26. The summed E-state index contributed by atoms with van der Waals surface area (Å²) >= 11 is 0. The molecule has 3 heteroatoms. The summed E-state index contributed by atoms with van der Waals surface area (Å²) in [4.78, 5) is 0. The van der Waals surface area contributed by atoms with E-state index in [-0.39, 0.29) is 6.04 Å². The molecule has 0 amide bonds. The van der Waals surface area contributed by atoms with Crippen molar-refractivity contribution in [2.24, 2.45) is 5.92 Å². The smallest absolute Gasteiger partial charge is 0.129 e. The molecule has 2 atom stereocenters. The van der Waals surface area contributed by atoms with Crippen molar-refractivity contribution >= 4 is 0 Å². The first-order valence-electron chi connectivity index (χ1n) is 7.23. The van der Waals surface area contributed by atoms with Gasteiger partial charge in [0, 0.05) is 12.1 Å². The number of unbranched alkanes of at least 4 members (excludes halogenated alkanes) is 1. The molecule has 1 nitrogen and oxygen atoms in total. The van der Waals surface area contributed by atoms with Crippen LogP contribution in [0.2, 0.25) is 0 Å². The third-order valence-electron chi connectivity index (χ3n) is 3.85. The largest absolute Gasteiger partial charge is 0.316 e. The Morgan fingerprint density at radius 3 is 2.47 bits per heavy atom. The zero-order valence-corrected chi connectivity index (χ0v) is 12.2. The highest BCUT2D eigenvalue weighted by Crippen LogP contribution is 2.21. The van der Waals surface area contributed by atoms with Gasteiger partial charge in [0.25, 0.3) is 0 Å². The number of halogens is 2. The Morgan fingerprint density at radius 2 is 1.95 bits per heavy atom. The molecule has 1 rings (SSSR count). The van der Waals surface area contributed by atoms with E-state index in [9.17, 15) is 8.78 Å². The van der Waals surface area contributed by atoms with Crippen molar-refractivity contribution in [1.29, 1.82) is 0 Å². The van der Waals surface area contributed by atoms with Gasteiger partial charge >= 0.3 is 0 Å². The van der Waals surface area contributed by atoms with Gasteiger partial charge in [-0.25, -0.2) is 8.78 Å². The fourth-order valence-electron chi connectivity index (χ4n) is 2.58. The maximum Gasteiger partial charge on any atom is 0.129 e. The molecule has 1 aromatic carbocycles. The molecule has 0 saturated heterocycles. The second kappa shape index (κ2) is 8.26. The Bertz CT molecular complexity index is 379. The summed E-state index contributed by atoms with van der Waals surface area (Å²) in [7, 11) is 1.92. The van der Waals surface area contributed by atoms with Gasteiger partial charge in [-0.2, -0.15) is 0 Å². The molecule has 19 heavy (non-hydrogen) atoms. The van der Waals surface area contributed by atoms with Gasteiger partial charge < -0.3 is 5.32 Å². The molecule has 108 valence electrons. The van der Waals surface area contributed by atoms with E-state index < -0.39 is 11.6 Å². The Morgan fingerprint density at radius 1 is 1.21 bits per heavy atom. The van der Waals surface area contributed by atoms with Crippen LogP contribution in [0.25, 0.3) is 0 Å². The molecule has 1 aromatic rings. The van der Waals surface area contributed by atoms with E-state index in [0.29, 0.717) is 17.9 Å². The lowest BCUT2D eigenvalue weighted by atomic mass is 9.87. The minimum Gasteiger partial charge on any atom is -0.316 e. The SMILES string of the molecule is CCCCC(CC)C(Cc1ccc(F)cc1F)NC. The van der Waals surface area contributed by atoms with Crippen LogP contribution in [0.5, 0.6) is 0 Å². The average Bonchev–Trinajstić information content (AvgIpc) is 2.40. The van der Waals surface area contributed by atoms with E-state index in [2.05, 4.69) is 19.2 Å². The van der Waals surface area contributed by atoms with Crippen LogP contribution in [-0.4, -0.2) is 13.1 Å². The van der Waals surface area contributed by atoms with Crippen LogP contribution in [0.1, 0.15) is 45.1 Å². The second-order valence-electron chi connectivity index (χ2n) is 5.15. The van der Waals surface area contributed by atoms with E-state index in [0.717, 1.165) is 18.9 Å². The summed E-state index contributed by atoms with van der Waals surface area (Å²) in [5.74, 6) is -0.416. The van der Waals surface area contributed by atoms with Gasteiger partial charge in [0.15, 0.2) is 0 Å². The van der Waals surface area contributed by atoms with Crippen LogP contribution in [-0.2, 0) is 6.42 Å². The predicted octanol–water partition coefficient (Wildman–Crippen LogP) is 4.31. The Balaban J connectivity index is 2.73. The van der Waals surface area contributed by atoms with Crippen molar-refractivity contribution in [3.05, 3.63) is 35.4 Å². The molecule has 0 fully saturated rings. The van der Waals surface area contributed by atoms with Gasteiger partial charge in [-0.15, -0.1) is 0 Å². The van der Waals surface area contributed by atoms with E-state index >= 15 is 0 Å². The van der Waals surface area contributed by atoms with E-state index in [1.54, 1.807) is 6.07 Å². The fourth-order valence-corrected chi connectivity index (χ4v) is 2.58. The van der Waals surface area contributed by atoms with Crippen molar-refractivity contribution < 1.29 is 8.78 Å². The summed E-state index contributed by atoms with van der Waals surface area (Å²) in [5.41, 5.74) is 0.593. The molecule has 0 spiro atoms. The number of rotatable bonds is 8. The Labute approximate surface area is 115 Å². The first-order valence-corrected chi connectivity index (χ1v) is 7.23. The first-order chi connectivity index (χ1) is 9.12. The van der Waals surface area contributed by atoms with Crippen LogP contribution in [0, 0.1) is 17.6 Å². The van der Waals surface area contributed by atoms with E-state index in [1.165, 1.54) is 18.9 Å². The highest BCUT2D eigenvalue weighted by molar-refractivity contribution is 5.19. The highest BCUT2D eigenvalue weighted by atomic mass is 19.1. The molecule has 0 aliphatic heterocycles. The minimum absolute atomic E-state index is 0.247. The van der Waals surface area contributed by atoms with Crippen LogP contribution in [0.15, 0.2) is 18.2 Å². The summed E-state index contributed by atoms with van der Waals surface area (Å²) in [5, 5.41) is 3.29. The van der Waals surface area contributed by atoms with Gasteiger partial charge in [-0.05, 0) is 37.4 Å². The van der Waals surface area contributed by atoms with Gasteiger partial charge in [0.1, 0.15) is 11.6 Å². The molecular weight excluding hydrogens is 244 g/mol. The quantitative estimate of drug-likeness (QED) is 0.741. The second-order valence-corrected chi connectivity index (χ2v) is 5.15. The molecule has 0 aliphatic carbocycles. The van der Waals surface area contributed by atoms with Crippen molar-refractivity contribution in [3.8, 4) is 0 Å². The summed E-state index contributed by atoms with van der Waals surface area (Å²) < 4.78 is 26.6. The van der Waals surface area contributed by atoms with Crippen molar-refractivity contribution in [1.82, 2.24) is 5.32 Å². The molecule has 0 heterocycles. The maximum absolute atomic E-state index is 13.7. The average molecular weight is 269 g/mol. The topological polar surface area (TPSA) is 12.0 Å². The normalized spacial score (nSPS) is 14.4. The molecule has 0 aromatic heterocycles. The molecular formula is C16H25F2N. The summed E-state index contributed by atoms with van der Waals surface area (Å²) in [6, 6.07) is 4.10. The van der Waals surface area contributed by atoms with Crippen LogP contribution < -0.4 is 5.32 Å². The molecule has 0 aliphatic rings.